The van der Waals surface area contributed by atoms with Crippen LogP contribution in [0.3, 0.4) is 0 Å². The van der Waals surface area contributed by atoms with Crippen LogP contribution in [0.15, 0.2) is 11.1 Å². The molecule has 0 unspecified atom stereocenters. The van der Waals surface area contributed by atoms with Gasteiger partial charge in [-0.2, -0.15) is 9.40 Å². The van der Waals surface area contributed by atoms with E-state index < -0.39 is 21.9 Å². The van der Waals surface area contributed by atoms with E-state index in [1.807, 2.05) is 0 Å². The second-order valence-corrected chi connectivity index (χ2v) is 6.65. The van der Waals surface area contributed by atoms with Gasteiger partial charge in [-0.3, -0.25) is 4.68 Å². The molecule has 1 saturated heterocycles. The zero-order chi connectivity index (χ0) is 14.2. The van der Waals surface area contributed by atoms with Gasteiger partial charge >= 0.3 is 0 Å². The Labute approximate surface area is 111 Å². The van der Waals surface area contributed by atoms with Crippen LogP contribution in [-0.4, -0.2) is 41.6 Å². The number of carbonyl (C=O) groups is 1. The van der Waals surface area contributed by atoms with Crippen molar-refractivity contribution in [1.29, 1.82) is 0 Å². The molecule has 0 spiro atoms. The van der Waals surface area contributed by atoms with Crippen LogP contribution in [0.2, 0.25) is 0 Å². The van der Waals surface area contributed by atoms with Crippen LogP contribution in [0.25, 0.3) is 0 Å². The summed E-state index contributed by atoms with van der Waals surface area (Å²) in [6.45, 7) is 1.97. The number of aromatic nitrogens is 2. The van der Waals surface area contributed by atoms with Gasteiger partial charge in [0.1, 0.15) is 4.90 Å². The Hall–Kier alpha value is -1.41. The lowest BCUT2D eigenvalue weighted by Crippen LogP contribution is -2.46. The first-order valence-corrected chi connectivity index (χ1v) is 7.47. The number of piperidine rings is 1. The summed E-state index contributed by atoms with van der Waals surface area (Å²) < 4.78 is 27.6. The van der Waals surface area contributed by atoms with Crippen LogP contribution < -0.4 is 5.11 Å². The van der Waals surface area contributed by atoms with E-state index in [9.17, 15) is 18.3 Å². The zero-order valence-electron chi connectivity index (χ0n) is 10.9. The zero-order valence-corrected chi connectivity index (χ0v) is 11.7. The average Bonchev–Trinajstić information content (AvgIpc) is 2.70. The van der Waals surface area contributed by atoms with E-state index in [2.05, 4.69) is 5.10 Å². The molecule has 0 amide bonds. The van der Waals surface area contributed by atoms with E-state index in [-0.39, 0.29) is 11.4 Å². The fourth-order valence-electron chi connectivity index (χ4n) is 2.22. The fraction of sp³-hybridized carbons (Fsp3) is 0.636. The van der Waals surface area contributed by atoms with E-state index in [1.165, 1.54) is 15.2 Å². The molecule has 2 rings (SSSR count). The number of carbonyl (C=O) groups excluding carboxylic acids is 1. The third-order valence-corrected chi connectivity index (χ3v) is 5.49. The molecule has 7 nitrogen and oxygen atoms in total. The third kappa shape index (κ3) is 2.50. The van der Waals surface area contributed by atoms with Gasteiger partial charge in [-0.15, -0.1) is 0 Å². The second-order valence-electron chi connectivity index (χ2n) is 4.74. The van der Waals surface area contributed by atoms with Crippen molar-refractivity contribution in [3.05, 3.63) is 11.9 Å². The molecule has 0 saturated carbocycles. The van der Waals surface area contributed by atoms with E-state index in [1.54, 1.807) is 14.0 Å². The minimum Gasteiger partial charge on any atom is -0.550 e. The van der Waals surface area contributed by atoms with Crippen LogP contribution in [0.5, 0.6) is 0 Å². The molecule has 8 heteroatoms. The molecular weight excluding hydrogens is 270 g/mol. The van der Waals surface area contributed by atoms with Crippen molar-refractivity contribution in [2.45, 2.75) is 24.7 Å². The molecular formula is C11H16N3O4S-. The number of hydrogen-bond acceptors (Lipinski definition) is 5. The molecule has 2 heterocycles. The number of aliphatic carboxylic acids is 1. The molecule has 106 valence electrons. The lowest BCUT2D eigenvalue weighted by atomic mass is 10.0. The predicted octanol–water partition coefficient (Wildman–Crippen LogP) is -1.12. The molecule has 1 atom stereocenters. The summed E-state index contributed by atoms with van der Waals surface area (Å²) in [4.78, 5) is 11.0. The van der Waals surface area contributed by atoms with Crippen molar-refractivity contribution in [2.75, 3.05) is 13.1 Å². The first-order valence-electron chi connectivity index (χ1n) is 6.03. The highest BCUT2D eigenvalue weighted by Gasteiger charge is 2.32. The van der Waals surface area contributed by atoms with Crippen molar-refractivity contribution in [1.82, 2.24) is 14.1 Å². The van der Waals surface area contributed by atoms with Crippen LogP contribution >= 0.6 is 0 Å². The summed E-state index contributed by atoms with van der Waals surface area (Å²) in [5, 5.41) is 14.8. The molecule has 1 aromatic heterocycles. The maximum Gasteiger partial charge on any atom is 0.246 e. The van der Waals surface area contributed by atoms with Gasteiger partial charge < -0.3 is 9.90 Å². The number of hydrogen-bond donors (Lipinski definition) is 0. The molecule has 19 heavy (non-hydrogen) atoms. The number of aryl methyl sites for hydroxylation is 1. The number of rotatable bonds is 3. The lowest BCUT2D eigenvalue weighted by molar-refractivity contribution is -0.312. The molecule has 1 aliphatic rings. The Balaban J connectivity index is 2.30. The molecule has 1 fully saturated rings. The van der Waals surface area contributed by atoms with Gasteiger partial charge in [-0.05, 0) is 19.8 Å². The largest absolute Gasteiger partial charge is 0.550 e. The van der Waals surface area contributed by atoms with E-state index in [0.29, 0.717) is 25.1 Å². The first kappa shape index (κ1) is 14.0. The standard InChI is InChI=1S/C11H17N3O4S/c1-8-10(6-12-13(8)2)19(17,18)14-5-3-4-9(7-14)11(15)16/h6,9H,3-5,7H2,1-2H3,(H,15,16)/p-1/t9-/m1/s1. The maximum absolute atomic E-state index is 12.4. The molecule has 1 aliphatic heterocycles. The Morgan fingerprint density at radius 3 is 2.74 bits per heavy atom. The summed E-state index contributed by atoms with van der Waals surface area (Å²) in [5.74, 6) is -1.93. The van der Waals surface area contributed by atoms with Gasteiger partial charge in [0.15, 0.2) is 0 Å². The molecule has 0 bridgehead atoms. The SMILES string of the molecule is Cc1c(S(=O)(=O)N2CCC[C@@H](C(=O)[O-])C2)cnn1C. The fourth-order valence-corrected chi connectivity index (χ4v) is 3.93. The summed E-state index contributed by atoms with van der Waals surface area (Å²) in [7, 11) is -2.02. The van der Waals surface area contributed by atoms with Gasteiger partial charge in [0, 0.05) is 32.0 Å². The second kappa shape index (κ2) is 4.93. The highest BCUT2D eigenvalue weighted by molar-refractivity contribution is 7.89. The predicted molar refractivity (Wildman–Crippen MR) is 64.4 cm³/mol. The minimum atomic E-state index is -3.68. The van der Waals surface area contributed by atoms with Crippen LogP contribution in [0.4, 0.5) is 0 Å². The van der Waals surface area contributed by atoms with Gasteiger partial charge in [-0.25, -0.2) is 8.42 Å². The van der Waals surface area contributed by atoms with Crippen LogP contribution in [0.1, 0.15) is 18.5 Å². The Morgan fingerprint density at radius 2 is 2.21 bits per heavy atom. The van der Waals surface area contributed by atoms with Crippen molar-refractivity contribution < 1.29 is 18.3 Å². The quantitative estimate of drug-likeness (QED) is 0.701. The monoisotopic (exact) mass is 286 g/mol. The maximum atomic E-state index is 12.4. The van der Waals surface area contributed by atoms with Gasteiger partial charge in [0.2, 0.25) is 10.0 Å². The summed E-state index contributed by atoms with van der Waals surface area (Å²) >= 11 is 0. The van der Waals surface area contributed by atoms with Crippen molar-refractivity contribution in [2.24, 2.45) is 13.0 Å². The first-order chi connectivity index (χ1) is 8.84. The Bertz CT molecular complexity index is 593. The summed E-state index contributed by atoms with van der Waals surface area (Å²) in [5.41, 5.74) is 0.538. The third-order valence-electron chi connectivity index (χ3n) is 3.53. The van der Waals surface area contributed by atoms with E-state index in [4.69, 9.17) is 0 Å². The van der Waals surface area contributed by atoms with Crippen molar-refractivity contribution in [3.8, 4) is 0 Å². The molecule has 0 aromatic carbocycles. The molecule has 0 radical (unpaired) electrons. The van der Waals surface area contributed by atoms with Gasteiger partial charge in [0.25, 0.3) is 0 Å². The lowest BCUT2D eigenvalue weighted by Gasteiger charge is -2.32. The minimum absolute atomic E-state index is 0.0288. The average molecular weight is 286 g/mol. The highest BCUT2D eigenvalue weighted by atomic mass is 32.2. The molecule has 0 N–H and O–H groups in total. The summed E-state index contributed by atoms with van der Waals surface area (Å²) in [6, 6.07) is 0. The smallest absolute Gasteiger partial charge is 0.246 e. The van der Waals surface area contributed by atoms with Gasteiger partial charge in [-0.1, -0.05) is 0 Å². The van der Waals surface area contributed by atoms with Crippen molar-refractivity contribution in [3.63, 3.8) is 0 Å². The number of carboxylic acids is 1. The molecule has 1 aromatic rings. The van der Waals surface area contributed by atoms with E-state index in [0.717, 1.165) is 0 Å². The normalized spacial score (nSPS) is 21.5. The highest BCUT2D eigenvalue weighted by Crippen LogP contribution is 2.24. The Kier molecular flexibility index (Phi) is 3.64. The summed E-state index contributed by atoms with van der Waals surface area (Å²) in [6.07, 6.45) is 2.28. The number of sulfonamides is 1. The topological polar surface area (TPSA) is 95.3 Å². The molecule has 0 aliphatic carbocycles. The van der Waals surface area contributed by atoms with Gasteiger partial charge in [0.05, 0.1) is 11.9 Å². The number of nitrogens with zero attached hydrogens (tertiary/aromatic N) is 3. The Morgan fingerprint density at radius 1 is 1.53 bits per heavy atom. The number of carboxylic acid groups (broad SMARTS) is 1. The van der Waals surface area contributed by atoms with Crippen LogP contribution in [0, 0.1) is 12.8 Å². The van der Waals surface area contributed by atoms with Crippen LogP contribution in [-0.2, 0) is 21.9 Å². The van der Waals surface area contributed by atoms with Crippen molar-refractivity contribution >= 4 is 16.0 Å². The van der Waals surface area contributed by atoms with E-state index >= 15 is 0 Å².